The summed E-state index contributed by atoms with van der Waals surface area (Å²) in [5, 5.41) is 0. The molecule has 0 aliphatic carbocycles. The molecule has 2 aromatic rings. The molecular formula is C10H10BrN3O. The fourth-order valence-electron chi connectivity index (χ4n) is 1.25. The number of hydrogen-bond donors (Lipinski definition) is 0. The zero-order valence-corrected chi connectivity index (χ0v) is 9.81. The number of furan rings is 1. The van der Waals surface area contributed by atoms with E-state index in [1.807, 2.05) is 30.1 Å². The molecule has 5 heteroatoms. The van der Waals surface area contributed by atoms with Crippen molar-refractivity contribution in [2.45, 2.75) is 6.54 Å². The van der Waals surface area contributed by atoms with Crippen molar-refractivity contribution in [1.29, 1.82) is 0 Å². The molecule has 0 fully saturated rings. The summed E-state index contributed by atoms with van der Waals surface area (Å²) in [7, 11) is 1.96. The second kappa shape index (κ2) is 4.44. The first-order valence-corrected chi connectivity index (χ1v) is 5.26. The monoisotopic (exact) mass is 267 g/mol. The second-order valence-electron chi connectivity index (χ2n) is 3.13. The topological polar surface area (TPSA) is 42.2 Å². The Kier molecular flexibility index (Phi) is 3.01. The molecule has 4 nitrogen and oxygen atoms in total. The molecule has 2 rings (SSSR count). The zero-order valence-electron chi connectivity index (χ0n) is 8.22. The summed E-state index contributed by atoms with van der Waals surface area (Å²) >= 11 is 3.31. The lowest BCUT2D eigenvalue weighted by molar-refractivity contribution is 0.507. The summed E-state index contributed by atoms with van der Waals surface area (Å²) in [5.41, 5.74) is 0. The van der Waals surface area contributed by atoms with Crippen molar-refractivity contribution >= 4 is 21.7 Å². The minimum absolute atomic E-state index is 0.691. The minimum Gasteiger partial charge on any atom is -0.467 e. The minimum atomic E-state index is 0.691. The summed E-state index contributed by atoms with van der Waals surface area (Å²) in [4.78, 5) is 10.1. The molecule has 0 radical (unpaired) electrons. The highest BCUT2D eigenvalue weighted by Crippen LogP contribution is 2.15. The molecule has 0 saturated heterocycles. The van der Waals surface area contributed by atoms with Gasteiger partial charge in [0.25, 0.3) is 0 Å². The van der Waals surface area contributed by atoms with Gasteiger partial charge in [0.2, 0.25) is 0 Å². The third-order valence-corrected chi connectivity index (χ3v) is 2.42. The van der Waals surface area contributed by atoms with Gasteiger partial charge in [0, 0.05) is 13.1 Å². The lowest BCUT2D eigenvalue weighted by atomic mass is 10.4. The van der Waals surface area contributed by atoms with Crippen molar-refractivity contribution in [3.05, 3.63) is 41.2 Å². The average Bonchev–Trinajstić information content (AvgIpc) is 2.70. The number of nitrogens with zero attached hydrogens (tertiary/aromatic N) is 3. The standard InChI is InChI=1S/C10H10BrN3O/c1-14(6-8-3-2-4-15-8)10-5-9(11)12-7-13-10/h2-5,7H,6H2,1H3. The van der Waals surface area contributed by atoms with Gasteiger partial charge >= 0.3 is 0 Å². The summed E-state index contributed by atoms with van der Waals surface area (Å²) in [6.07, 6.45) is 3.19. The Morgan fingerprint density at radius 2 is 2.33 bits per heavy atom. The van der Waals surface area contributed by atoms with E-state index in [1.165, 1.54) is 6.33 Å². The van der Waals surface area contributed by atoms with Crippen LogP contribution in [0.3, 0.4) is 0 Å². The molecule has 0 aliphatic heterocycles. The first-order valence-electron chi connectivity index (χ1n) is 4.47. The highest BCUT2D eigenvalue weighted by molar-refractivity contribution is 9.10. The van der Waals surface area contributed by atoms with E-state index >= 15 is 0 Å². The van der Waals surface area contributed by atoms with Crippen LogP contribution in [0.25, 0.3) is 0 Å². The van der Waals surface area contributed by atoms with Gasteiger partial charge in [-0.05, 0) is 28.1 Å². The van der Waals surface area contributed by atoms with Crippen molar-refractivity contribution in [2.24, 2.45) is 0 Å². The number of halogens is 1. The van der Waals surface area contributed by atoms with Gasteiger partial charge in [-0.3, -0.25) is 0 Å². The Bertz CT molecular complexity index is 430. The molecule has 0 unspecified atom stereocenters. The van der Waals surface area contributed by atoms with Crippen LogP contribution >= 0.6 is 15.9 Å². The predicted octanol–water partition coefficient (Wildman–Crippen LogP) is 2.47. The molecule has 2 heterocycles. The lowest BCUT2D eigenvalue weighted by Gasteiger charge is -2.16. The third-order valence-electron chi connectivity index (χ3n) is 1.98. The smallest absolute Gasteiger partial charge is 0.133 e. The lowest BCUT2D eigenvalue weighted by Crippen LogP contribution is -2.17. The fraction of sp³-hybridized carbons (Fsp3) is 0.200. The molecule has 0 spiro atoms. The van der Waals surface area contributed by atoms with Gasteiger partial charge in [-0.15, -0.1) is 0 Å². The highest BCUT2D eigenvalue weighted by Gasteiger charge is 2.05. The Labute approximate surface area is 96.1 Å². The Morgan fingerprint density at radius 3 is 3.00 bits per heavy atom. The molecule has 0 aliphatic rings. The summed E-state index contributed by atoms with van der Waals surface area (Å²) in [5.74, 6) is 1.76. The first-order chi connectivity index (χ1) is 7.25. The maximum Gasteiger partial charge on any atom is 0.133 e. The number of aromatic nitrogens is 2. The van der Waals surface area contributed by atoms with E-state index in [4.69, 9.17) is 4.42 Å². The van der Waals surface area contributed by atoms with Gasteiger partial charge in [0.1, 0.15) is 22.5 Å². The van der Waals surface area contributed by atoms with Crippen molar-refractivity contribution in [1.82, 2.24) is 9.97 Å². The zero-order chi connectivity index (χ0) is 10.7. The summed E-state index contributed by atoms with van der Waals surface area (Å²) in [6.45, 7) is 0.691. The Hall–Kier alpha value is -1.36. The van der Waals surface area contributed by atoms with E-state index in [9.17, 15) is 0 Å². The van der Waals surface area contributed by atoms with Gasteiger partial charge in [0.05, 0.1) is 12.8 Å². The fourth-order valence-corrected chi connectivity index (χ4v) is 1.55. The van der Waals surface area contributed by atoms with Crippen LogP contribution in [0.4, 0.5) is 5.82 Å². The molecule has 0 N–H and O–H groups in total. The van der Waals surface area contributed by atoms with Crippen LogP contribution < -0.4 is 4.90 Å². The van der Waals surface area contributed by atoms with E-state index in [1.54, 1.807) is 6.26 Å². The van der Waals surface area contributed by atoms with Gasteiger partial charge in [-0.25, -0.2) is 9.97 Å². The van der Waals surface area contributed by atoms with Gasteiger partial charge in [0.15, 0.2) is 0 Å². The summed E-state index contributed by atoms with van der Waals surface area (Å²) < 4.78 is 6.04. The van der Waals surface area contributed by atoms with Crippen molar-refractivity contribution in [3.8, 4) is 0 Å². The number of hydrogen-bond acceptors (Lipinski definition) is 4. The van der Waals surface area contributed by atoms with E-state index in [-0.39, 0.29) is 0 Å². The molecule has 78 valence electrons. The van der Waals surface area contributed by atoms with Crippen LogP contribution in [0.15, 0.2) is 39.8 Å². The van der Waals surface area contributed by atoms with Crippen LogP contribution in [0.1, 0.15) is 5.76 Å². The van der Waals surface area contributed by atoms with Gasteiger partial charge in [-0.1, -0.05) is 0 Å². The Balaban J connectivity index is 2.11. The van der Waals surface area contributed by atoms with Crippen LogP contribution in [0.2, 0.25) is 0 Å². The number of rotatable bonds is 3. The first kappa shape index (κ1) is 10.2. The van der Waals surface area contributed by atoms with Crippen LogP contribution in [0, 0.1) is 0 Å². The van der Waals surface area contributed by atoms with Crippen molar-refractivity contribution < 1.29 is 4.42 Å². The molecule has 0 amide bonds. The molecular weight excluding hydrogens is 258 g/mol. The average molecular weight is 268 g/mol. The van der Waals surface area contributed by atoms with E-state index < -0.39 is 0 Å². The normalized spacial score (nSPS) is 10.3. The van der Waals surface area contributed by atoms with Crippen LogP contribution in [-0.4, -0.2) is 17.0 Å². The molecule has 0 aromatic carbocycles. The van der Waals surface area contributed by atoms with E-state index in [2.05, 4.69) is 25.9 Å². The quantitative estimate of drug-likeness (QED) is 0.802. The van der Waals surface area contributed by atoms with Gasteiger partial charge in [-0.2, -0.15) is 0 Å². The Morgan fingerprint density at radius 1 is 1.47 bits per heavy atom. The number of anilines is 1. The largest absolute Gasteiger partial charge is 0.467 e. The van der Waals surface area contributed by atoms with Crippen molar-refractivity contribution in [3.63, 3.8) is 0 Å². The summed E-state index contributed by atoms with van der Waals surface area (Å²) in [6, 6.07) is 5.68. The van der Waals surface area contributed by atoms with E-state index in [0.717, 1.165) is 16.2 Å². The molecule has 0 saturated carbocycles. The third kappa shape index (κ3) is 2.56. The molecule has 0 atom stereocenters. The van der Waals surface area contributed by atoms with Crippen molar-refractivity contribution in [2.75, 3.05) is 11.9 Å². The second-order valence-corrected chi connectivity index (χ2v) is 3.95. The van der Waals surface area contributed by atoms with Crippen LogP contribution in [0.5, 0.6) is 0 Å². The molecule has 0 bridgehead atoms. The van der Waals surface area contributed by atoms with E-state index in [0.29, 0.717) is 6.54 Å². The predicted molar refractivity (Wildman–Crippen MR) is 60.5 cm³/mol. The maximum absolute atomic E-state index is 5.26. The highest BCUT2D eigenvalue weighted by atomic mass is 79.9. The van der Waals surface area contributed by atoms with Gasteiger partial charge < -0.3 is 9.32 Å². The molecule has 2 aromatic heterocycles. The SMILES string of the molecule is CN(Cc1ccco1)c1cc(Br)ncn1. The van der Waals surface area contributed by atoms with Crippen LogP contribution in [-0.2, 0) is 6.54 Å². The maximum atomic E-state index is 5.26. The molecule has 15 heavy (non-hydrogen) atoms.